The van der Waals surface area contributed by atoms with Crippen LogP contribution in [0, 0.1) is 5.92 Å². The molecule has 2 atom stereocenters. The number of hydrogen-bond acceptors (Lipinski definition) is 4. The average molecular weight is 450 g/mol. The smallest absolute Gasteiger partial charge is 0.410 e. The van der Waals surface area contributed by atoms with Crippen molar-refractivity contribution in [2.24, 2.45) is 5.92 Å². The van der Waals surface area contributed by atoms with Crippen molar-refractivity contribution in [3.8, 4) is 11.1 Å². The Morgan fingerprint density at radius 1 is 1.03 bits per heavy atom. The van der Waals surface area contributed by atoms with Crippen molar-refractivity contribution >= 4 is 6.09 Å². The SMILES string of the molecule is CCC(CC)CC1(O)CC2COCC(C1)N2C(=O)OCC1c2ccccc2-c2ccccc21. The van der Waals surface area contributed by atoms with Gasteiger partial charge in [0.25, 0.3) is 0 Å². The molecule has 2 unspecified atom stereocenters. The van der Waals surface area contributed by atoms with Gasteiger partial charge in [0.1, 0.15) is 6.61 Å². The van der Waals surface area contributed by atoms with Crippen LogP contribution in [0.3, 0.4) is 0 Å². The van der Waals surface area contributed by atoms with Crippen LogP contribution in [0.2, 0.25) is 0 Å². The number of aliphatic hydroxyl groups is 1. The Bertz CT molecular complexity index is 941. The summed E-state index contributed by atoms with van der Waals surface area (Å²) in [5.74, 6) is 0.562. The molecule has 2 bridgehead atoms. The third-order valence-corrected chi connectivity index (χ3v) is 8.01. The van der Waals surface area contributed by atoms with E-state index in [9.17, 15) is 9.90 Å². The van der Waals surface area contributed by atoms with Crippen LogP contribution >= 0.6 is 0 Å². The number of piperidine rings is 1. The van der Waals surface area contributed by atoms with E-state index in [1.165, 1.54) is 22.3 Å². The van der Waals surface area contributed by atoms with E-state index < -0.39 is 5.60 Å². The first-order valence-corrected chi connectivity index (χ1v) is 12.5. The molecule has 5 heteroatoms. The van der Waals surface area contributed by atoms with Crippen LogP contribution in [0.1, 0.15) is 63.0 Å². The zero-order chi connectivity index (χ0) is 23.0. The second kappa shape index (κ2) is 9.11. The summed E-state index contributed by atoms with van der Waals surface area (Å²) >= 11 is 0. The number of nitrogens with zero attached hydrogens (tertiary/aromatic N) is 1. The van der Waals surface area contributed by atoms with Crippen LogP contribution in [-0.4, -0.2) is 53.6 Å². The molecule has 2 aliphatic heterocycles. The van der Waals surface area contributed by atoms with Crippen molar-refractivity contribution in [3.05, 3.63) is 59.7 Å². The monoisotopic (exact) mass is 449 g/mol. The summed E-state index contributed by atoms with van der Waals surface area (Å²) in [5, 5.41) is 11.4. The van der Waals surface area contributed by atoms with Gasteiger partial charge in [-0.25, -0.2) is 4.79 Å². The Hall–Kier alpha value is -2.37. The van der Waals surface area contributed by atoms with Crippen molar-refractivity contribution in [1.82, 2.24) is 4.90 Å². The van der Waals surface area contributed by atoms with Gasteiger partial charge in [-0.2, -0.15) is 0 Å². The van der Waals surface area contributed by atoms with Crippen molar-refractivity contribution in [3.63, 3.8) is 0 Å². The van der Waals surface area contributed by atoms with Crippen LogP contribution in [0.4, 0.5) is 4.79 Å². The van der Waals surface area contributed by atoms with Crippen LogP contribution in [0.5, 0.6) is 0 Å². The molecular weight excluding hydrogens is 414 g/mol. The Morgan fingerprint density at radius 2 is 1.58 bits per heavy atom. The Balaban J connectivity index is 1.29. The largest absolute Gasteiger partial charge is 0.448 e. The van der Waals surface area contributed by atoms with Gasteiger partial charge in [-0.15, -0.1) is 0 Å². The number of carbonyl (C=O) groups excluding carboxylic acids is 1. The lowest BCUT2D eigenvalue weighted by atomic mass is 9.75. The molecule has 5 rings (SSSR count). The molecule has 5 nitrogen and oxygen atoms in total. The standard InChI is InChI=1S/C28H35NO4/c1-3-19(4-2)13-28(31)14-20-16-32-17-21(15-28)29(20)27(30)33-18-26-24-11-7-5-9-22(24)23-10-6-8-12-25(23)26/h5-12,19-21,26,31H,3-4,13-18H2,1-2H3. The Labute approximate surface area is 196 Å². The van der Waals surface area contributed by atoms with Crippen molar-refractivity contribution in [1.29, 1.82) is 0 Å². The highest BCUT2D eigenvalue weighted by Gasteiger charge is 2.49. The minimum absolute atomic E-state index is 0.0500. The Kier molecular flexibility index (Phi) is 6.19. The third-order valence-electron chi connectivity index (χ3n) is 8.01. The number of morpholine rings is 1. The minimum atomic E-state index is -0.726. The van der Waals surface area contributed by atoms with Crippen LogP contribution in [0.15, 0.2) is 48.5 Å². The second-order valence-electron chi connectivity index (χ2n) is 10.1. The molecule has 2 heterocycles. The van der Waals surface area contributed by atoms with Gasteiger partial charge in [-0.3, -0.25) is 4.90 Å². The topological polar surface area (TPSA) is 59.0 Å². The molecule has 1 aliphatic carbocycles. The van der Waals surface area contributed by atoms with E-state index in [4.69, 9.17) is 9.47 Å². The van der Waals surface area contributed by atoms with Gasteiger partial charge >= 0.3 is 6.09 Å². The molecule has 0 radical (unpaired) electrons. The first-order chi connectivity index (χ1) is 16.0. The number of benzene rings is 2. The maximum atomic E-state index is 13.3. The first-order valence-electron chi connectivity index (χ1n) is 12.5. The van der Waals surface area contributed by atoms with Crippen LogP contribution in [0.25, 0.3) is 11.1 Å². The zero-order valence-corrected chi connectivity index (χ0v) is 19.7. The molecule has 0 aromatic heterocycles. The van der Waals surface area contributed by atoms with Gasteiger partial charge in [0.15, 0.2) is 0 Å². The van der Waals surface area contributed by atoms with E-state index in [1.54, 1.807) is 0 Å². The number of amides is 1. The predicted octanol–water partition coefficient (Wildman–Crippen LogP) is 5.36. The zero-order valence-electron chi connectivity index (χ0n) is 19.7. The summed E-state index contributed by atoms with van der Waals surface area (Å²) in [6.07, 6.45) is 3.78. The number of fused-ring (bicyclic) bond motifs is 5. The van der Waals surface area contributed by atoms with E-state index in [0.717, 1.165) is 19.3 Å². The minimum Gasteiger partial charge on any atom is -0.448 e. The summed E-state index contributed by atoms with van der Waals surface area (Å²) in [4.78, 5) is 15.2. The maximum Gasteiger partial charge on any atom is 0.410 e. The van der Waals surface area contributed by atoms with Gasteiger partial charge in [0, 0.05) is 5.92 Å². The molecule has 2 fully saturated rings. The van der Waals surface area contributed by atoms with Gasteiger partial charge in [0.05, 0.1) is 30.9 Å². The van der Waals surface area contributed by atoms with E-state index in [1.807, 2.05) is 17.0 Å². The summed E-state index contributed by atoms with van der Waals surface area (Å²) in [7, 11) is 0. The van der Waals surface area contributed by atoms with Crippen molar-refractivity contribution < 1.29 is 19.4 Å². The molecule has 2 saturated heterocycles. The number of carbonyl (C=O) groups is 1. The van der Waals surface area contributed by atoms with Gasteiger partial charge in [-0.05, 0) is 47.4 Å². The highest BCUT2D eigenvalue weighted by atomic mass is 16.6. The fraction of sp³-hybridized carbons (Fsp3) is 0.536. The van der Waals surface area contributed by atoms with Crippen LogP contribution < -0.4 is 0 Å². The average Bonchev–Trinajstić information content (AvgIpc) is 3.14. The molecule has 1 N–H and O–H groups in total. The van der Waals surface area contributed by atoms with E-state index in [-0.39, 0.29) is 24.1 Å². The summed E-state index contributed by atoms with van der Waals surface area (Å²) < 4.78 is 11.7. The molecular formula is C28H35NO4. The molecule has 1 amide bonds. The first kappa shape index (κ1) is 22.4. The molecule has 2 aromatic carbocycles. The molecule has 176 valence electrons. The fourth-order valence-electron chi connectivity index (χ4n) is 6.32. The summed E-state index contributed by atoms with van der Waals surface area (Å²) in [6.45, 7) is 5.63. The lowest BCUT2D eigenvalue weighted by Gasteiger charge is -2.51. The van der Waals surface area contributed by atoms with E-state index in [2.05, 4.69) is 50.2 Å². The highest BCUT2D eigenvalue weighted by molar-refractivity contribution is 5.79. The molecule has 33 heavy (non-hydrogen) atoms. The molecule has 0 saturated carbocycles. The van der Waals surface area contributed by atoms with E-state index >= 15 is 0 Å². The second-order valence-corrected chi connectivity index (χ2v) is 10.1. The number of rotatable bonds is 6. The Morgan fingerprint density at radius 3 is 2.12 bits per heavy atom. The quantitative estimate of drug-likeness (QED) is 0.645. The molecule has 0 spiro atoms. The fourth-order valence-corrected chi connectivity index (χ4v) is 6.32. The van der Waals surface area contributed by atoms with Gasteiger partial charge < -0.3 is 14.6 Å². The van der Waals surface area contributed by atoms with Gasteiger partial charge in [-0.1, -0.05) is 75.2 Å². The maximum absolute atomic E-state index is 13.3. The summed E-state index contributed by atoms with van der Waals surface area (Å²) in [6, 6.07) is 16.5. The highest BCUT2D eigenvalue weighted by Crippen LogP contribution is 2.45. The third kappa shape index (κ3) is 4.17. The predicted molar refractivity (Wildman–Crippen MR) is 128 cm³/mol. The van der Waals surface area contributed by atoms with Crippen molar-refractivity contribution in [2.45, 2.75) is 69.6 Å². The van der Waals surface area contributed by atoms with Crippen molar-refractivity contribution in [2.75, 3.05) is 19.8 Å². The summed E-state index contributed by atoms with van der Waals surface area (Å²) in [5.41, 5.74) is 4.16. The lowest BCUT2D eigenvalue weighted by Crippen LogP contribution is -2.63. The van der Waals surface area contributed by atoms with E-state index in [0.29, 0.717) is 38.6 Å². The van der Waals surface area contributed by atoms with Gasteiger partial charge in [0.2, 0.25) is 0 Å². The lowest BCUT2D eigenvalue weighted by molar-refractivity contribution is -0.139. The number of hydrogen-bond donors (Lipinski definition) is 1. The normalized spacial score (nSPS) is 26.2. The van der Waals surface area contributed by atoms with Crippen LogP contribution in [-0.2, 0) is 9.47 Å². The molecule has 2 aromatic rings. The number of ether oxygens (including phenoxy) is 2. The molecule has 3 aliphatic rings.